The van der Waals surface area contributed by atoms with Crippen LogP contribution < -0.4 is 11.1 Å². The van der Waals surface area contributed by atoms with E-state index in [9.17, 15) is 4.79 Å². The molecule has 1 aromatic heterocycles. The van der Waals surface area contributed by atoms with Gasteiger partial charge >= 0.3 is 0 Å². The van der Waals surface area contributed by atoms with Crippen LogP contribution in [0.3, 0.4) is 0 Å². The maximum absolute atomic E-state index is 12.2. The molecule has 23 heavy (non-hydrogen) atoms. The van der Waals surface area contributed by atoms with Crippen LogP contribution in [0.25, 0.3) is 11.4 Å². The summed E-state index contributed by atoms with van der Waals surface area (Å²) in [5, 5.41) is 2.89. The van der Waals surface area contributed by atoms with Gasteiger partial charge in [-0.25, -0.2) is 9.97 Å². The third-order valence-electron chi connectivity index (χ3n) is 4.04. The molecule has 2 unspecified atom stereocenters. The summed E-state index contributed by atoms with van der Waals surface area (Å²) in [6, 6.07) is 9.89. The molecular weight excluding hydrogens is 312 g/mol. The first-order valence-electron chi connectivity index (χ1n) is 7.66. The fourth-order valence-electron chi connectivity index (χ4n) is 2.84. The van der Waals surface area contributed by atoms with E-state index in [1.165, 1.54) is 0 Å². The van der Waals surface area contributed by atoms with E-state index in [0.29, 0.717) is 11.5 Å². The molecular formula is C17H21ClN4O. The van der Waals surface area contributed by atoms with E-state index in [2.05, 4.69) is 15.3 Å². The molecule has 122 valence electrons. The van der Waals surface area contributed by atoms with E-state index < -0.39 is 0 Å². The Labute approximate surface area is 142 Å². The number of carbonyl (C=O) groups excluding carboxylic acids is 1. The minimum Gasteiger partial charge on any atom is -0.328 e. The van der Waals surface area contributed by atoms with Gasteiger partial charge in [0.2, 0.25) is 5.91 Å². The van der Waals surface area contributed by atoms with Gasteiger partial charge in [-0.05, 0) is 19.3 Å². The third kappa shape index (κ3) is 4.50. The summed E-state index contributed by atoms with van der Waals surface area (Å²) in [5.74, 6) is 0.669. The molecule has 0 radical (unpaired) electrons. The highest BCUT2D eigenvalue weighted by Gasteiger charge is 2.25. The molecule has 2 aromatic rings. The molecule has 1 fully saturated rings. The molecule has 3 rings (SSSR count). The average molecular weight is 333 g/mol. The van der Waals surface area contributed by atoms with Crippen LogP contribution in [0.15, 0.2) is 42.7 Å². The number of anilines is 1. The van der Waals surface area contributed by atoms with Crippen molar-refractivity contribution in [2.24, 2.45) is 11.7 Å². The molecule has 0 saturated heterocycles. The Bertz CT molecular complexity index is 633. The van der Waals surface area contributed by atoms with E-state index in [1.54, 1.807) is 12.4 Å². The van der Waals surface area contributed by atoms with Gasteiger partial charge in [-0.1, -0.05) is 36.8 Å². The zero-order valence-corrected chi connectivity index (χ0v) is 13.6. The molecule has 0 aliphatic heterocycles. The van der Waals surface area contributed by atoms with Crippen molar-refractivity contribution in [3.05, 3.63) is 42.7 Å². The Balaban J connectivity index is 0.00000192. The average Bonchev–Trinajstić information content (AvgIpc) is 2.56. The standard InChI is InChI=1S/C17H20N4O.ClH/c18-14-8-4-7-13(9-14)17(22)21-15-10-19-16(20-11-15)12-5-2-1-3-6-12;/h1-3,5-6,10-11,13-14H,4,7-9,18H2,(H,21,22);1H. The summed E-state index contributed by atoms with van der Waals surface area (Å²) < 4.78 is 0. The van der Waals surface area contributed by atoms with Crippen molar-refractivity contribution in [3.63, 3.8) is 0 Å². The highest BCUT2D eigenvalue weighted by molar-refractivity contribution is 5.92. The fraction of sp³-hybridized carbons (Fsp3) is 0.353. The zero-order chi connectivity index (χ0) is 15.4. The number of benzene rings is 1. The van der Waals surface area contributed by atoms with Crippen LogP contribution in [0.2, 0.25) is 0 Å². The number of nitrogens with one attached hydrogen (secondary N) is 1. The number of halogens is 1. The molecule has 2 atom stereocenters. The fourth-order valence-corrected chi connectivity index (χ4v) is 2.84. The third-order valence-corrected chi connectivity index (χ3v) is 4.04. The lowest BCUT2D eigenvalue weighted by Crippen LogP contribution is -2.34. The van der Waals surface area contributed by atoms with E-state index in [0.717, 1.165) is 31.2 Å². The molecule has 1 aromatic carbocycles. The highest BCUT2D eigenvalue weighted by Crippen LogP contribution is 2.24. The lowest BCUT2D eigenvalue weighted by Gasteiger charge is -2.25. The summed E-state index contributed by atoms with van der Waals surface area (Å²) in [7, 11) is 0. The number of hydrogen-bond donors (Lipinski definition) is 2. The number of rotatable bonds is 3. The van der Waals surface area contributed by atoms with Crippen LogP contribution in [-0.4, -0.2) is 21.9 Å². The normalized spacial score (nSPS) is 20.4. The number of aromatic nitrogens is 2. The lowest BCUT2D eigenvalue weighted by atomic mass is 9.85. The first-order valence-corrected chi connectivity index (χ1v) is 7.66. The van der Waals surface area contributed by atoms with E-state index in [4.69, 9.17) is 5.73 Å². The Hall–Kier alpha value is -1.98. The monoisotopic (exact) mass is 332 g/mol. The lowest BCUT2D eigenvalue weighted by molar-refractivity contribution is -0.120. The number of nitrogens with two attached hydrogens (primary N) is 1. The zero-order valence-electron chi connectivity index (χ0n) is 12.8. The van der Waals surface area contributed by atoms with Gasteiger partial charge in [-0.2, -0.15) is 0 Å². The minimum absolute atomic E-state index is 0. The molecule has 3 N–H and O–H groups in total. The molecule has 0 bridgehead atoms. The second kappa shape index (κ2) is 8.04. The van der Waals surface area contributed by atoms with E-state index in [1.807, 2.05) is 30.3 Å². The first-order chi connectivity index (χ1) is 10.7. The van der Waals surface area contributed by atoms with Crippen molar-refractivity contribution in [1.82, 2.24) is 9.97 Å². The Morgan fingerprint density at radius 2 is 1.83 bits per heavy atom. The molecule has 1 saturated carbocycles. The molecule has 0 spiro atoms. The van der Waals surface area contributed by atoms with Crippen molar-refractivity contribution in [3.8, 4) is 11.4 Å². The smallest absolute Gasteiger partial charge is 0.227 e. The predicted octanol–water partition coefficient (Wildman–Crippen LogP) is 3.02. The summed E-state index contributed by atoms with van der Waals surface area (Å²) in [6.07, 6.45) is 6.99. The molecule has 1 aliphatic carbocycles. The molecule has 1 heterocycles. The van der Waals surface area contributed by atoms with Crippen molar-refractivity contribution in [2.45, 2.75) is 31.7 Å². The number of amides is 1. The number of nitrogens with zero attached hydrogens (tertiary/aromatic N) is 2. The summed E-state index contributed by atoms with van der Waals surface area (Å²) in [4.78, 5) is 20.9. The van der Waals surface area contributed by atoms with Gasteiger partial charge in [-0.3, -0.25) is 4.79 Å². The summed E-state index contributed by atoms with van der Waals surface area (Å²) in [6.45, 7) is 0. The quantitative estimate of drug-likeness (QED) is 0.905. The van der Waals surface area contributed by atoms with Crippen LogP contribution in [0, 0.1) is 5.92 Å². The maximum Gasteiger partial charge on any atom is 0.227 e. The van der Waals surface area contributed by atoms with Gasteiger partial charge in [0.1, 0.15) is 0 Å². The topological polar surface area (TPSA) is 80.9 Å². The summed E-state index contributed by atoms with van der Waals surface area (Å²) >= 11 is 0. The van der Waals surface area contributed by atoms with Gasteiger partial charge < -0.3 is 11.1 Å². The van der Waals surface area contributed by atoms with Crippen LogP contribution in [0.1, 0.15) is 25.7 Å². The van der Waals surface area contributed by atoms with Crippen molar-refractivity contribution >= 4 is 24.0 Å². The minimum atomic E-state index is -0.00227. The van der Waals surface area contributed by atoms with Gasteiger partial charge in [0.05, 0.1) is 18.1 Å². The van der Waals surface area contributed by atoms with Gasteiger partial charge in [-0.15, -0.1) is 12.4 Å². The molecule has 1 aliphatic rings. The van der Waals surface area contributed by atoms with E-state index in [-0.39, 0.29) is 30.3 Å². The molecule has 1 amide bonds. The van der Waals surface area contributed by atoms with Crippen molar-refractivity contribution in [2.75, 3.05) is 5.32 Å². The second-order valence-corrected chi connectivity index (χ2v) is 5.77. The van der Waals surface area contributed by atoms with Crippen LogP contribution in [0.5, 0.6) is 0 Å². The van der Waals surface area contributed by atoms with Crippen LogP contribution >= 0.6 is 12.4 Å². The SMILES string of the molecule is Cl.NC1CCCC(C(=O)Nc2cnc(-c3ccccc3)nc2)C1. The van der Waals surface area contributed by atoms with Crippen LogP contribution in [-0.2, 0) is 4.79 Å². The Morgan fingerprint density at radius 1 is 1.13 bits per heavy atom. The number of carbonyl (C=O) groups is 1. The van der Waals surface area contributed by atoms with Gasteiger partial charge in [0.25, 0.3) is 0 Å². The Kier molecular flexibility index (Phi) is 6.07. The van der Waals surface area contributed by atoms with Crippen LogP contribution in [0.4, 0.5) is 5.69 Å². The second-order valence-electron chi connectivity index (χ2n) is 5.77. The van der Waals surface area contributed by atoms with Crippen molar-refractivity contribution in [1.29, 1.82) is 0 Å². The first kappa shape index (κ1) is 17.4. The Morgan fingerprint density at radius 3 is 2.48 bits per heavy atom. The van der Waals surface area contributed by atoms with E-state index >= 15 is 0 Å². The summed E-state index contributed by atoms with van der Waals surface area (Å²) in [5.41, 5.74) is 7.52. The predicted molar refractivity (Wildman–Crippen MR) is 93.3 cm³/mol. The molecule has 5 nitrogen and oxygen atoms in total. The van der Waals surface area contributed by atoms with Gasteiger partial charge in [0, 0.05) is 17.5 Å². The van der Waals surface area contributed by atoms with Crippen molar-refractivity contribution < 1.29 is 4.79 Å². The highest BCUT2D eigenvalue weighted by atomic mass is 35.5. The van der Waals surface area contributed by atoms with Gasteiger partial charge in [0.15, 0.2) is 5.82 Å². The molecule has 6 heteroatoms. The number of hydrogen-bond acceptors (Lipinski definition) is 4. The largest absolute Gasteiger partial charge is 0.328 e. The maximum atomic E-state index is 12.2.